The van der Waals surface area contributed by atoms with Gasteiger partial charge < -0.3 is 14.7 Å². The van der Waals surface area contributed by atoms with E-state index in [0.717, 1.165) is 28.7 Å². The van der Waals surface area contributed by atoms with Crippen molar-refractivity contribution in [1.82, 2.24) is 29.3 Å². The van der Waals surface area contributed by atoms with Gasteiger partial charge in [-0.3, -0.25) is 9.67 Å². The molecule has 1 aliphatic heterocycles. The maximum absolute atomic E-state index is 13.3. The predicted molar refractivity (Wildman–Crippen MR) is 117 cm³/mol. The Balaban J connectivity index is 1.58. The second kappa shape index (κ2) is 8.35. The lowest BCUT2D eigenvalue weighted by molar-refractivity contribution is 0.114. The van der Waals surface area contributed by atoms with Gasteiger partial charge in [-0.2, -0.15) is 15.5 Å². The van der Waals surface area contributed by atoms with Crippen molar-refractivity contribution < 1.29 is 14.2 Å². The topological polar surface area (TPSA) is 104 Å². The molecule has 33 heavy (non-hydrogen) atoms. The summed E-state index contributed by atoms with van der Waals surface area (Å²) in [6.45, 7) is 3.32. The van der Waals surface area contributed by atoms with Crippen LogP contribution in [0.3, 0.4) is 0 Å². The van der Waals surface area contributed by atoms with E-state index in [9.17, 15) is 14.8 Å². The molecule has 1 aliphatic rings. The standard InChI is InChI=1S/C22H19ClFN7O2/c1-13-18-10-29(12-25)4-5-30(18)28-21(13)14-6-19(22-16(23)8-27-31(22)9-14)33-20(11-32)17-3-2-15(24)7-26-17/h2-3,6-9,20,32H,4-5,10-11H2,1H3. The second-order valence-electron chi connectivity index (χ2n) is 7.73. The Morgan fingerprint density at radius 1 is 1.33 bits per heavy atom. The highest BCUT2D eigenvalue weighted by Gasteiger charge is 2.24. The highest BCUT2D eigenvalue weighted by molar-refractivity contribution is 6.34. The zero-order valence-electron chi connectivity index (χ0n) is 17.6. The van der Waals surface area contributed by atoms with E-state index in [1.54, 1.807) is 15.5 Å². The van der Waals surface area contributed by atoms with Crippen LogP contribution in [0, 0.1) is 24.2 Å². The summed E-state index contributed by atoms with van der Waals surface area (Å²) in [4.78, 5) is 5.72. The van der Waals surface area contributed by atoms with Gasteiger partial charge in [0.2, 0.25) is 0 Å². The number of fused-ring (bicyclic) bond motifs is 2. The molecule has 0 radical (unpaired) electrons. The number of aliphatic hydroxyl groups excluding tert-OH is 1. The summed E-state index contributed by atoms with van der Waals surface area (Å²) in [7, 11) is 0. The first-order valence-electron chi connectivity index (χ1n) is 10.3. The third-order valence-electron chi connectivity index (χ3n) is 5.70. The SMILES string of the molecule is Cc1c(-c2cc(OC(CO)c3ccc(F)cn3)c3c(Cl)cnn3c2)nn2c1CN(C#N)CC2. The van der Waals surface area contributed by atoms with Crippen LogP contribution >= 0.6 is 11.6 Å². The normalized spacial score (nSPS) is 14.2. The van der Waals surface area contributed by atoms with E-state index in [-0.39, 0.29) is 6.61 Å². The second-order valence-corrected chi connectivity index (χ2v) is 8.14. The lowest BCUT2D eigenvalue weighted by Crippen LogP contribution is -2.30. The molecule has 0 saturated carbocycles. The first kappa shape index (κ1) is 21.2. The quantitative estimate of drug-likeness (QED) is 0.450. The Morgan fingerprint density at radius 2 is 2.18 bits per heavy atom. The van der Waals surface area contributed by atoms with Gasteiger partial charge in [-0.05, 0) is 25.1 Å². The van der Waals surface area contributed by atoms with Crippen molar-refractivity contribution in [1.29, 1.82) is 5.26 Å². The van der Waals surface area contributed by atoms with Crippen LogP contribution < -0.4 is 4.74 Å². The summed E-state index contributed by atoms with van der Waals surface area (Å²) in [6.07, 6.45) is 5.74. The van der Waals surface area contributed by atoms with Crippen molar-refractivity contribution in [2.24, 2.45) is 0 Å². The minimum atomic E-state index is -0.837. The van der Waals surface area contributed by atoms with Crippen LogP contribution in [0.5, 0.6) is 5.75 Å². The number of ether oxygens (including phenoxy) is 1. The zero-order chi connectivity index (χ0) is 23.1. The van der Waals surface area contributed by atoms with E-state index in [0.29, 0.717) is 41.6 Å². The predicted octanol–water partition coefficient (Wildman–Crippen LogP) is 3.10. The summed E-state index contributed by atoms with van der Waals surface area (Å²) < 4.78 is 22.9. The summed E-state index contributed by atoms with van der Waals surface area (Å²) in [5.41, 5.74) is 4.31. The summed E-state index contributed by atoms with van der Waals surface area (Å²) in [5, 5.41) is 28.6. The first-order valence-corrected chi connectivity index (χ1v) is 10.6. The highest BCUT2D eigenvalue weighted by Crippen LogP contribution is 2.36. The smallest absolute Gasteiger partial charge is 0.179 e. The Kier molecular flexibility index (Phi) is 5.36. The van der Waals surface area contributed by atoms with E-state index in [1.807, 2.05) is 17.8 Å². The van der Waals surface area contributed by atoms with Gasteiger partial charge in [0.15, 0.2) is 12.3 Å². The van der Waals surface area contributed by atoms with E-state index in [2.05, 4.69) is 16.3 Å². The van der Waals surface area contributed by atoms with Gasteiger partial charge in [-0.25, -0.2) is 8.91 Å². The molecule has 4 aromatic rings. The van der Waals surface area contributed by atoms with E-state index in [4.69, 9.17) is 21.4 Å². The molecule has 0 fully saturated rings. The van der Waals surface area contributed by atoms with Crippen LogP contribution in [0.2, 0.25) is 5.02 Å². The molecule has 1 atom stereocenters. The number of nitriles is 1. The highest BCUT2D eigenvalue weighted by atomic mass is 35.5. The van der Waals surface area contributed by atoms with Crippen LogP contribution in [-0.4, -0.2) is 47.5 Å². The molecule has 9 nitrogen and oxygen atoms in total. The number of rotatable bonds is 5. The molecule has 5 heterocycles. The molecule has 0 amide bonds. The molecule has 0 saturated heterocycles. The molecular weight excluding hydrogens is 449 g/mol. The van der Waals surface area contributed by atoms with Crippen LogP contribution in [0.15, 0.2) is 36.8 Å². The molecule has 4 aromatic heterocycles. The van der Waals surface area contributed by atoms with Crippen LogP contribution in [-0.2, 0) is 13.1 Å². The van der Waals surface area contributed by atoms with Crippen LogP contribution in [0.1, 0.15) is 23.1 Å². The zero-order valence-corrected chi connectivity index (χ0v) is 18.4. The third-order valence-corrected chi connectivity index (χ3v) is 5.98. The number of pyridine rings is 2. The molecule has 0 aliphatic carbocycles. The van der Waals surface area contributed by atoms with Crippen molar-refractivity contribution in [3.63, 3.8) is 0 Å². The molecule has 0 spiro atoms. The summed E-state index contributed by atoms with van der Waals surface area (Å²) in [6, 6.07) is 4.51. The molecule has 1 N–H and O–H groups in total. The Bertz CT molecular complexity index is 1380. The molecule has 0 aromatic carbocycles. The fourth-order valence-corrected chi connectivity index (χ4v) is 4.22. The Hall–Kier alpha value is -3.68. The fraction of sp³-hybridized carbons (Fsp3) is 0.273. The summed E-state index contributed by atoms with van der Waals surface area (Å²) >= 11 is 6.37. The fourth-order valence-electron chi connectivity index (χ4n) is 4.00. The maximum Gasteiger partial charge on any atom is 0.179 e. The molecule has 1 unspecified atom stereocenters. The third kappa shape index (κ3) is 3.75. The van der Waals surface area contributed by atoms with Gasteiger partial charge in [0, 0.05) is 23.9 Å². The average molecular weight is 468 g/mol. The van der Waals surface area contributed by atoms with E-state index < -0.39 is 11.9 Å². The molecule has 168 valence electrons. The van der Waals surface area contributed by atoms with Gasteiger partial charge >= 0.3 is 0 Å². The number of aliphatic hydroxyl groups is 1. The van der Waals surface area contributed by atoms with Crippen molar-refractivity contribution >= 4 is 17.1 Å². The molecule has 0 bridgehead atoms. The number of aromatic nitrogens is 5. The van der Waals surface area contributed by atoms with Crippen molar-refractivity contribution in [2.45, 2.75) is 26.1 Å². The molecular formula is C22H19ClFN7O2. The molecule has 11 heteroatoms. The van der Waals surface area contributed by atoms with E-state index in [1.165, 1.54) is 18.3 Å². The number of hydrogen-bond acceptors (Lipinski definition) is 7. The van der Waals surface area contributed by atoms with Crippen molar-refractivity contribution in [2.75, 3.05) is 13.2 Å². The number of nitrogens with zero attached hydrogens (tertiary/aromatic N) is 7. The molecule has 5 rings (SSSR count). The maximum atomic E-state index is 13.3. The van der Waals surface area contributed by atoms with Gasteiger partial charge in [0.05, 0.1) is 54.2 Å². The van der Waals surface area contributed by atoms with Gasteiger partial charge in [0.1, 0.15) is 17.1 Å². The van der Waals surface area contributed by atoms with Crippen LogP contribution in [0.25, 0.3) is 16.8 Å². The van der Waals surface area contributed by atoms with Crippen LogP contribution in [0.4, 0.5) is 4.39 Å². The van der Waals surface area contributed by atoms with Crippen molar-refractivity contribution in [3.05, 3.63) is 64.6 Å². The lowest BCUT2D eigenvalue weighted by Gasteiger charge is -2.22. The Morgan fingerprint density at radius 3 is 2.91 bits per heavy atom. The van der Waals surface area contributed by atoms with Gasteiger partial charge in [-0.1, -0.05) is 11.6 Å². The van der Waals surface area contributed by atoms with E-state index >= 15 is 0 Å². The first-order chi connectivity index (χ1) is 16.0. The number of halogens is 2. The Labute approximate surface area is 193 Å². The van der Waals surface area contributed by atoms with Gasteiger partial charge in [-0.15, -0.1) is 0 Å². The van der Waals surface area contributed by atoms with Crippen molar-refractivity contribution in [3.8, 4) is 23.2 Å². The monoisotopic (exact) mass is 467 g/mol. The minimum absolute atomic E-state index is 0.372. The average Bonchev–Trinajstić information content (AvgIpc) is 3.37. The largest absolute Gasteiger partial charge is 0.479 e. The summed E-state index contributed by atoms with van der Waals surface area (Å²) in [5.74, 6) is -0.1000. The lowest BCUT2D eigenvalue weighted by atomic mass is 10.1. The van der Waals surface area contributed by atoms with Gasteiger partial charge in [0.25, 0.3) is 0 Å². The minimum Gasteiger partial charge on any atom is -0.479 e. The number of hydrogen-bond donors (Lipinski definition) is 1.